The molecular weight excluding hydrogens is 609 g/mol. The zero-order valence-electron chi connectivity index (χ0n) is 19.6. The van der Waals surface area contributed by atoms with E-state index in [-0.39, 0.29) is 0 Å². The van der Waals surface area contributed by atoms with Crippen molar-refractivity contribution in [1.29, 1.82) is 0 Å². The van der Waals surface area contributed by atoms with Crippen molar-refractivity contribution in [2.45, 2.75) is 6.18 Å². The molecule has 0 aliphatic carbocycles. The maximum Gasteiger partial charge on any atom is 0.422 e. The minimum absolute atomic E-state index is 0.571. The van der Waals surface area contributed by atoms with Crippen molar-refractivity contribution in [3.05, 3.63) is 106 Å². The summed E-state index contributed by atoms with van der Waals surface area (Å²) in [6.45, 7) is 0. The lowest BCUT2D eigenvalue weighted by Crippen LogP contribution is -2.16. The van der Waals surface area contributed by atoms with Gasteiger partial charge in [0.25, 0.3) is 0 Å². The zero-order chi connectivity index (χ0) is 31.2. The number of fused-ring (bicyclic) bond motifs is 2. The molecule has 0 unspecified atom stereocenters. The molecule has 5 aromatic carbocycles. The van der Waals surface area contributed by atoms with Gasteiger partial charge >= 0.3 is 6.18 Å². The summed E-state index contributed by atoms with van der Waals surface area (Å²) in [7, 11) is 0. The molecular formula is C27H5F15. The molecule has 0 nitrogen and oxygen atoms in total. The molecule has 0 aliphatic heterocycles. The summed E-state index contributed by atoms with van der Waals surface area (Å²) in [4.78, 5) is 0. The summed E-state index contributed by atoms with van der Waals surface area (Å²) < 4.78 is 218. The number of rotatable bonds is 2. The van der Waals surface area contributed by atoms with Crippen LogP contribution in [0.3, 0.4) is 0 Å². The third kappa shape index (κ3) is 3.81. The van der Waals surface area contributed by atoms with Gasteiger partial charge in [0.2, 0.25) is 0 Å². The fourth-order valence-electron chi connectivity index (χ4n) is 4.70. The molecule has 0 fully saturated rings. The van der Waals surface area contributed by atoms with Crippen LogP contribution in [0, 0.1) is 69.8 Å². The van der Waals surface area contributed by atoms with E-state index in [9.17, 15) is 39.5 Å². The lowest BCUT2D eigenvalue weighted by atomic mass is 9.84. The molecule has 0 saturated heterocycles. The Bertz CT molecular complexity index is 1870. The molecule has 5 aromatic rings. The Morgan fingerprint density at radius 2 is 0.667 bits per heavy atom. The van der Waals surface area contributed by atoms with Crippen molar-refractivity contribution in [1.82, 2.24) is 0 Å². The third-order valence-corrected chi connectivity index (χ3v) is 6.39. The van der Waals surface area contributed by atoms with E-state index in [4.69, 9.17) is 0 Å². The first-order valence-corrected chi connectivity index (χ1v) is 11.0. The molecule has 0 aromatic heterocycles. The second-order valence-electron chi connectivity index (χ2n) is 8.63. The Hall–Kier alpha value is -4.43. The first kappa shape index (κ1) is 29.1. The minimum Gasteiger partial charge on any atom is -0.203 e. The SMILES string of the molecule is Fc1c(F)c(C(F)(F)F)c(F)c(F)c1-c1c2c(F)c(F)c(F)c(F)c2c(-c2ccccc2)c2c(F)c(F)c(F)c(F)c12. The fraction of sp³-hybridized carbons (Fsp3) is 0.0370. The van der Waals surface area contributed by atoms with Crippen molar-refractivity contribution >= 4 is 21.5 Å². The first-order valence-electron chi connectivity index (χ1n) is 11.0. The standard InChI is InChI=1S/C27H5F15/c28-15-9-7(6-4-2-1-3-5-6)10-12(18(31)26(39)24(37)16(10)29)8(11(9)17(30)25(38)23(15)36)13-19(32)21(34)14(27(40,41)42)22(35)20(13)33/h1-5H. The van der Waals surface area contributed by atoms with Gasteiger partial charge in [0.15, 0.2) is 69.8 Å². The van der Waals surface area contributed by atoms with Crippen LogP contribution in [0.15, 0.2) is 30.3 Å². The van der Waals surface area contributed by atoms with Crippen LogP contribution in [0.5, 0.6) is 0 Å². The number of hydrogen-bond donors (Lipinski definition) is 0. The van der Waals surface area contributed by atoms with Crippen molar-refractivity contribution in [2.24, 2.45) is 0 Å². The molecule has 0 amide bonds. The maximum absolute atomic E-state index is 15.4. The normalized spacial score (nSPS) is 12.2. The summed E-state index contributed by atoms with van der Waals surface area (Å²) in [6.07, 6.45) is -6.13. The number of alkyl halides is 3. The smallest absolute Gasteiger partial charge is 0.203 e. The van der Waals surface area contributed by atoms with E-state index >= 15 is 26.3 Å². The summed E-state index contributed by atoms with van der Waals surface area (Å²) in [6, 6.07) is 5.27. The molecule has 15 heteroatoms. The van der Waals surface area contributed by atoms with Crippen LogP contribution in [0.4, 0.5) is 65.9 Å². The highest BCUT2D eigenvalue weighted by Gasteiger charge is 2.44. The third-order valence-electron chi connectivity index (χ3n) is 6.39. The molecule has 0 heterocycles. The minimum atomic E-state index is -6.13. The monoisotopic (exact) mass is 614 g/mol. The average Bonchev–Trinajstić information content (AvgIpc) is 2.94. The van der Waals surface area contributed by atoms with Crippen LogP contribution < -0.4 is 0 Å². The van der Waals surface area contributed by atoms with Crippen molar-refractivity contribution in [2.75, 3.05) is 0 Å². The van der Waals surface area contributed by atoms with Crippen LogP contribution in [0.2, 0.25) is 0 Å². The van der Waals surface area contributed by atoms with Gasteiger partial charge in [0, 0.05) is 32.7 Å². The van der Waals surface area contributed by atoms with Gasteiger partial charge in [-0.25, -0.2) is 52.7 Å². The molecule has 5 rings (SSSR count). The van der Waals surface area contributed by atoms with Crippen molar-refractivity contribution in [3.8, 4) is 22.3 Å². The van der Waals surface area contributed by atoms with E-state index < -0.39 is 125 Å². The first-order chi connectivity index (χ1) is 19.5. The second kappa shape index (κ2) is 9.56. The van der Waals surface area contributed by atoms with Gasteiger partial charge in [-0.3, -0.25) is 0 Å². The number of halogens is 15. The van der Waals surface area contributed by atoms with E-state index in [0.29, 0.717) is 0 Å². The second-order valence-corrected chi connectivity index (χ2v) is 8.63. The Morgan fingerprint density at radius 3 is 1.00 bits per heavy atom. The summed E-state index contributed by atoms with van der Waals surface area (Å²) in [5.74, 6) is -33.9. The zero-order valence-corrected chi connectivity index (χ0v) is 19.6. The van der Waals surface area contributed by atoms with Gasteiger partial charge in [-0.05, 0) is 5.56 Å². The highest BCUT2D eigenvalue weighted by molar-refractivity contribution is 6.22. The van der Waals surface area contributed by atoms with Crippen molar-refractivity contribution in [3.63, 3.8) is 0 Å². The largest absolute Gasteiger partial charge is 0.422 e. The van der Waals surface area contributed by atoms with Crippen LogP contribution in [-0.2, 0) is 6.18 Å². The molecule has 0 atom stereocenters. The van der Waals surface area contributed by atoms with E-state index in [1.54, 1.807) is 0 Å². The number of hydrogen-bond acceptors (Lipinski definition) is 0. The lowest BCUT2D eigenvalue weighted by Gasteiger charge is -2.22. The Balaban J connectivity index is 2.26. The predicted octanol–water partition coefficient (Wildman–Crippen LogP) is 10.0. The molecule has 0 N–H and O–H groups in total. The summed E-state index contributed by atoms with van der Waals surface area (Å²) in [5.41, 5.74) is -9.77. The Kier molecular flexibility index (Phi) is 6.62. The molecule has 218 valence electrons. The van der Waals surface area contributed by atoms with Gasteiger partial charge < -0.3 is 0 Å². The summed E-state index contributed by atoms with van der Waals surface area (Å²) >= 11 is 0. The molecule has 42 heavy (non-hydrogen) atoms. The van der Waals surface area contributed by atoms with E-state index in [1.165, 1.54) is 6.07 Å². The van der Waals surface area contributed by atoms with Crippen LogP contribution in [0.25, 0.3) is 43.8 Å². The quantitative estimate of drug-likeness (QED) is 0.0804. The molecule has 0 radical (unpaired) electrons. The van der Waals surface area contributed by atoms with E-state index in [2.05, 4.69) is 0 Å². The van der Waals surface area contributed by atoms with E-state index in [0.717, 1.165) is 24.3 Å². The lowest BCUT2D eigenvalue weighted by molar-refractivity contribution is -0.143. The number of benzene rings is 5. The molecule has 0 bridgehead atoms. The molecule has 0 spiro atoms. The van der Waals surface area contributed by atoms with Gasteiger partial charge in [-0.1, -0.05) is 30.3 Å². The highest BCUT2D eigenvalue weighted by atomic mass is 19.4. The van der Waals surface area contributed by atoms with Crippen molar-refractivity contribution < 1.29 is 65.9 Å². The van der Waals surface area contributed by atoms with Gasteiger partial charge in [0.1, 0.15) is 5.56 Å². The van der Waals surface area contributed by atoms with Crippen LogP contribution >= 0.6 is 0 Å². The summed E-state index contributed by atoms with van der Waals surface area (Å²) in [5, 5.41) is -7.50. The Labute approximate surface area is 222 Å². The molecule has 0 saturated carbocycles. The van der Waals surface area contributed by atoms with Gasteiger partial charge in [0.05, 0.1) is 5.56 Å². The van der Waals surface area contributed by atoms with Crippen LogP contribution in [-0.4, -0.2) is 0 Å². The average molecular weight is 614 g/mol. The topological polar surface area (TPSA) is 0 Å². The van der Waals surface area contributed by atoms with Gasteiger partial charge in [-0.2, -0.15) is 13.2 Å². The fourth-order valence-corrected chi connectivity index (χ4v) is 4.70. The van der Waals surface area contributed by atoms with E-state index in [1.807, 2.05) is 0 Å². The Morgan fingerprint density at radius 1 is 0.333 bits per heavy atom. The highest BCUT2D eigenvalue weighted by Crippen LogP contribution is 2.51. The van der Waals surface area contributed by atoms with Crippen LogP contribution in [0.1, 0.15) is 5.56 Å². The predicted molar refractivity (Wildman–Crippen MR) is 117 cm³/mol. The molecule has 0 aliphatic rings. The maximum atomic E-state index is 15.4. The van der Waals surface area contributed by atoms with Gasteiger partial charge in [-0.15, -0.1) is 0 Å².